The highest BCUT2D eigenvalue weighted by atomic mass is 16.4. The molecule has 0 saturated carbocycles. The molecule has 10 heteroatoms. The normalized spacial score (nSPS) is 19.7. The van der Waals surface area contributed by atoms with E-state index in [1.807, 2.05) is 15.6 Å². The average molecular weight is 373 g/mol. The van der Waals surface area contributed by atoms with Crippen LogP contribution in [0.5, 0.6) is 0 Å². The number of tetrazole rings is 1. The summed E-state index contributed by atoms with van der Waals surface area (Å²) in [5.41, 5.74) is 1.72. The number of hydrogen-bond acceptors (Lipinski definition) is 6. The third-order valence-corrected chi connectivity index (χ3v) is 5.25. The third kappa shape index (κ3) is 3.69. The second-order valence-electron chi connectivity index (χ2n) is 7.17. The van der Waals surface area contributed by atoms with Gasteiger partial charge in [0.15, 0.2) is 5.82 Å². The van der Waals surface area contributed by atoms with Crippen molar-refractivity contribution in [3.8, 4) is 0 Å². The van der Waals surface area contributed by atoms with Crippen LogP contribution in [0.2, 0.25) is 0 Å². The number of rotatable bonds is 4. The highest BCUT2D eigenvalue weighted by Gasteiger charge is 2.33. The van der Waals surface area contributed by atoms with E-state index in [2.05, 4.69) is 20.6 Å². The molecule has 0 radical (unpaired) electrons. The van der Waals surface area contributed by atoms with Crippen LogP contribution in [0.1, 0.15) is 55.2 Å². The zero-order valence-corrected chi connectivity index (χ0v) is 15.1. The van der Waals surface area contributed by atoms with E-state index in [4.69, 9.17) is 5.11 Å². The van der Waals surface area contributed by atoms with Crippen molar-refractivity contribution in [1.29, 1.82) is 0 Å². The quantitative estimate of drug-likeness (QED) is 0.833. The fourth-order valence-electron chi connectivity index (χ4n) is 3.88. The van der Waals surface area contributed by atoms with Crippen LogP contribution in [0.3, 0.4) is 0 Å². The number of carboxylic acid groups (broad SMARTS) is 1. The average Bonchev–Trinajstić information content (AvgIpc) is 3.15. The molecule has 4 heterocycles. The molecule has 2 aliphatic heterocycles. The van der Waals surface area contributed by atoms with E-state index < -0.39 is 5.97 Å². The van der Waals surface area contributed by atoms with Gasteiger partial charge in [0.05, 0.1) is 30.3 Å². The predicted octanol–water partition coefficient (Wildman–Crippen LogP) is 0.587. The largest absolute Gasteiger partial charge is 0.481 e. The van der Waals surface area contributed by atoms with Gasteiger partial charge in [-0.1, -0.05) is 6.42 Å². The molecule has 0 spiro atoms. The van der Waals surface area contributed by atoms with Crippen molar-refractivity contribution in [2.45, 2.75) is 64.1 Å². The summed E-state index contributed by atoms with van der Waals surface area (Å²) in [5.74, 6) is -0.406. The molecule has 2 aromatic rings. The van der Waals surface area contributed by atoms with Crippen LogP contribution < -0.4 is 0 Å². The summed E-state index contributed by atoms with van der Waals surface area (Å²) in [4.78, 5) is 25.9. The lowest BCUT2D eigenvalue weighted by atomic mass is 10.0. The number of aliphatic carboxylic acids is 1. The summed E-state index contributed by atoms with van der Waals surface area (Å²) in [5, 5.41) is 25.2. The van der Waals surface area contributed by atoms with Gasteiger partial charge in [-0.3, -0.25) is 14.3 Å². The van der Waals surface area contributed by atoms with Gasteiger partial charge in [0.2, 0.25) is 5.91 Å². The molecule has 0 saturated heterocycles. The Balaban J connectivity index is 1.51. The number of aromatic nitrogens is 6. The number of carbonyl (C=O) groups excluding carboxylic acids is 1. The topological polar surface area (TPSA) is 119 Å². The number of hydrogen-bond donors (Lipinski definition) is 1. The highest BCUT2D eigenvalue weighted by Crippen LogP contribution is 2.27. The number of amides is 1. The number of aryl methyl sites for hydroxylation is 3. The molecule has 27 heavy (non-hydrogen) atoms. The van der Waals surface area contributed by atoms with Crippen molar-refractivity contribution in [3.05, 3.63) is 23.3 Å². The Bertz CT molecular complexity index is 843. The summed E-state index contributed by atoms with van der Waals surface area (Å²) in [6.07, 6.45) is 3.98. The Morgan fingerprint density at radius 1 is 1.15 bits per heavy atom. The molecule has 0 fully saturated rings. The number of fused-ring (bicyclic) bond motifs is 2. The Morgan fingerprint density at radius 3 is 2.85 bits per heavy atom. The lowest BCUT2D eigenvalue weighted by Gasteiger charge is -2.24. The van der Waals surface area contributed by atoms with Gasteiger partial charge in [0, 0.05) is 26.1 Å². The van der Waals surface area contributed by atoms with Crippen LogP contribution in [0.25, 0.3) is 0 Å². The van der Waals surface area contributed by atoms with E-state index in [9.17, 15) is 9.59 Å². The van der Waals surface area contributed by atoms with Crippen LogP contribution in [0, 0.1) is 0 Å². The Morgan fingerprint density at radius 2 is 2.00 bits per heavy atom. The van der Waals surface area contributed by atoms with Crippen molar-refractivity contribution < 1.29 is 14.7 Å². The van der Waals surface area contributed by atoms with Gasteiger partial charge < -0.3 is 10.0 Å². The lowest BCUT2D eigenvalue weighted by Crippen LogP contribution is -2.35. The van der Waals surface area contributed by atoms with E-state index in [1.165, 1.54) is 0 Å². The molecule has 1 amide bonds. The van der Waals surface area contributed by atoms with E-state index >= 15 is 0 Å². The van der Waals surface area contributed by atoms with E-state index in [0.29, 0.717) is 25.3 Å². The van der Waals surface area contributed by atoms with Crippen LogP contribution >= 0.6 is 0 Å². The van der Waals surface area contributed by atoms with Crippen LogP contribution in [-0.2, 0) is 35.6 Å². The zero-order chi connectivity index (χ0) is 18.8. The molecule has 1 atom stereocenters. The summed E-state index contributed by atoms with van der Waals surface area (Å²) >= 11 is 0. The van der Waals surface area contributed by atoms with Gasteiger partial charge in [-0.05, 0) is 35.8 Å². The monoisotopic (exact) mass is 373 g/mol. The Hall–Kier alpha value is -2.78. The molecule has 1 N–H and O–H groups in total. The van der Waals surface area contributed by atoms with Crippen molar-refractivity contribution in [2.75, 3.05) is 6.54 Å². The molecule has 0 aliphatic carbocycles. The highest BCUT2D eigenvalue weighted by molar-refractivity contribution is 5.83. The first kappa shape index (κ1) is 17.6. The molecule has 0 aromatic carbocycles. The number of carboxylic acids is 1. The maximum atomic E-state index is 13.3. The summed E-state index contributed by atoms with van der Waals surface area (Å²) in [6.45, 7) is 2.64. The minimum absolute atomic E-state index is 0.0594. The molecule has 1 unspecified atom stereocenters. The molecule has 2 aromatic heterocycles. The summed E-state index contributed by atoms with van der Waals surface area (Å²) < 4.78 is 3.66. The maximum Gasteiger partial charge on any atom is 0.303 e. The molecule has 0 bridgehead atoms. The Labute approximate surface area is 156 Å². The number of nitrogens with zero attached hydrogens (tertiary/aromatic N) is 7. The van der Waals surface area contributed by atoms with E-state index in [0.717, 1.165) is 50.2 Å². The molecular weight excluding hydrogens is 350 g/mol. The fourth-order valence-corrected chi connectivity index (χ4v) is 3.88. The van der Waals surface area contributed by atoms with Crippen LogP contribution in [-0.4, -0.2) is 58.4 Å². The second kappa shape index (κ2) is 7.45. The Kier molecular flexibility index (Phi) is 4.87. The first-order chi connectivity index (χ1) is 13.1. The first-order valence-corrected chi connectivity index (χ1v) is 9.44. The van der Waals surface area contributed by atoms with Gasteiger partial charge in [-0.25, -0.2) is 4.68 Å². The second-order valence-corrected chi connectivity index (χ2v) is 7.17. The van der Waals surface area contributed by atoms with E-state index in [1.54, 1.807) is 4.68 Å². The maximum absolute atomic E-state index is 13.3. The van der Waals surface area contributed by atoms with Crippen molar-refractivity contribution >= 4 is 11.9 Å². The summed E-state index contributed by atoms with van der Waals surface area (Å²) in [6, 6.07) is 1.92. The van der Waals surface area contributed by atoms with Gasteiger partial charge >= 0.3 is 5.97 Å². The van der Waals surface area contributed by atoms with Gasteiger partial charge in [-0.2, -0.15) is 5.10 Å². The third-order valence-electron chi connectivity index (χ3n) is 5.25. The van der Waals surface area contributed by atoms with Gasteiger partial charge in [-0.15, -0.1) is 5.10 Å². The smallest absolute Gasteiger partial charge is 0.303 e. The molecular formula is C17H23N7O3. The lowest BCUT2D eigenvalue weighted by molar-refractivity contribution is -0.137. The fraction of sp³-hybridized carbons (Fsp3) is 0.647. The van der Waals surface area contributed by atoms with E-state index in [-0.39, 0.29) is 18.2 Å². The van der Waals surface area contributed by atoms with Crippen LogP contribution in [0.15, 0.2) is 6.07 Å². The van der Waals surface area contributed by atoms with Crippen molar-refractivity contribution in [1.82, 2.24) is 34.9 Å². The standard InChI is InChI=1S/C17H23N7O3/c25-15(26)6-5-12-10-13-11-22(7-3-9-23(13)19-12)17(27)14-4-1-2-8-24-16(14)18-20-21-24/h10,14H,1-9,11H2,(H,25,26). The van der Waals surface area contributed by atoms with Gasteiger partial charge in [0.1, 0.15) is 0 Å². The van der Waals surface area contributed by atoms with Crippen molar-refractivity contribution in [3.63, 3.8) is 0 Å². The number of carbonyl (C=O) groups is 2. The first-order valence-electron chi connectivity index (χ1n) is 9.44. The van der Waals surface area contributed by atoms with Crippen LogP contribution in [0.4, 0.5) is 0 Å². The van der Waals surface area contributed by atoms with Crippen molar-refractivity contribution in [2.24, 2.45) is 0 Å². The minimum atomic E-state index is -0.832. The SMILES string of the molecule is O=C(O)CCc1cc2n(n1)CCCN(C(=O)C1CCCCn3nnnc31)C2. The molecule has 10 nitrogen and oxygen atoms in total. The predicted molar refractivity (Wildman–Crippen MR) is 92.6 cm³/mol. The zero-order valence-electron chi connectivity index (χ0n) is 15.1. The molecule has 144 valence electrons. The van der Waals surface area contributed by atoms with Gasteiger partial charge in [0.25, 0.3) is 0 Å². The molecule has 2 aliphatic rings. The summed E-state index contributed by atoms with van der Waals surface area (Å²) in [7, 11) is 0. The molecule has 4 rings (SSSR count). The minimum Gasteiger partial charge on any atom is -0.481 e.